The smallest absolute Gasteiger partial charge is 0.239 e. The fourth-order valence-electron chi connectivity index (χ4n) is 1.82. The monoisotopic (exact) mass is 335 g/mol. The first-order valence-electron chi connectivity index (χ1n) is 7.30. The summed E-state index contributed by atoms with van der Waals surface area (Å²) in [7, 11) is 0. The molecule has 1 aromatic heterocycles. The summed E-state index contributed by atoms with van der Waals surface area (Å²) < 4.78 is 0. The molecular weight excluding hydrogens is 314 g/mol. The third kappa shape index (κ3) is 5.10. The molecule has 2 aromatic rings. The summed E-state index contributed by atoms with van der Waals surface area (Å²) in [4.78, 5) is 13.3. The summed E-state index contributed by atoms with van der Waals surface area (Å²) in [6, 6.07) is 8.18. The van der Waals surface area contributed by atoms with Crippen molar-refractivity contribution in [2.75, 3.05) is 5.32 Å². The molecule has 0 fully saturated rings. The topological polar surface area (TPSA) is 54.9 Å². The van der Waals surface area contributed by atoms with Crippen LogP contribution in [0.25, 0.3) is 0 Å². The van der Waals surface area contributed by atoms with Crippen LogP contribution in [-0.2, 0) is 11.2 Å². The Bertz CT molecular complexity index is 623. The van der Waals surface area contributed by atoms with Crippen LogP contribution in [0.2, 0.25) is 0 Å². The number of nitrogens with zero attached hydrogens (tertiary/aromatic N) is 2. The predicted molar refractivity (Wildman–Crippen MR) is 93.6 cm³/mol. The minimum absolute atomic E-state index is 0.0437. The molecule has 6 heteroatoms. The number of benzene rings is 1. The van der Waals surface area contributed by atoms with Gasteiger partial charge in [0.05, 0.1) is 5.25 Å². The zero-order valence-electron chi connectivity index (χ0n) is 13.3. The first-order valence-corrected chi connectivity index (χ1v) is 9.00. The molecule has 0 aliphatic rings. The van der Waals surface area contributed by atoms with Crippen molar-refractivity contribution in [3.8, 4) is 0 Å². The molecule has 0 spiro atoms. The first kappa shape index (κ1) is 17.0. The van der Waals surface area contributed by atoms with Crippen molar-refractivity contribution >= 4 is 34.1 Å². The van der Waals surface area contributed by atoms with Crippen LogP contribution in [-0.4, -0.2) is 21.4 Å². The maximum Gasteiger partial charge on any atom is 0.239 e. The molecule has 1 aromatic carbocycles. The highest BCUT2D eigenvalue weighted by molar-refractivity contribution is 8.00. The van der Waals surface area contributed by atoms with Crippen molar-refractivity contribution in [3.63, 3.8) is 0 Å². The highest BCUT2D eigenvalue weighted by Gasteiger charge is 2.16. The van der Waals surface area contributed by atoms with E-state index < -0.39 is 0 Å². The van der Waals surface area contributed by atoms with Gasteiger partial charge >= 0.3 is 0 Å². The molecule has 0 aliphatic carbocycles. The Morgan fingerprint density at radius 3 is 2.55 bits per heavy atom. The molecular formula is C16H21N3OS2. The molecule has 0 bridgehead atoms. The summed E-state index contributed by atoms with van der Waals surface area (Å²) in [6.07, 6.45) is 0.890. The quantitative estimate of drug-likeness (QED) is 0.805. The lowest BCUT2D eigenvalue weighted by atomic mass is 10.1. The summed E-state index contributed by atoms with van der Waals surface area (Å²) in [5.74, 6) is 0.491. The van der Waals surface area contributed by atoms with Gasteiger partial charge in [-0.05, 0) is 31.9 Å². The van der Waals surface area contributed by atoms with Crippen molar-refractivity contribution < 1.29 is 4.79 Å². The Morgan fingerprint density at radius 2 is 1.91 bits per heavy atom. The van der Waals surface area contributed by atoms with Gasteiger partial charge in [-0.25, -0.2) is 0 Å². The predicted octanol–water partition coefficient (Wildman–Crippen LogP) is 4.16. The number of carbonyl (C=O) groups is 1. The molecule has 0 saturated heterocycles. The largest absolute Gasteiger partial charge is 0.300 e. The Labute approximate surface area is 139 Å². The van der Waals surface area contributed by atoms with E-state index >= 15 is 0 Å². The van der Waals surface area contributed by atoms with E-state index in [0.29, 0.717) is 11.0 Å². The number of carbonyl (C=O) groups excluding carboxylic acids is 1. The maximum atomic E-state index is 12.2. The molecule has 0 saturated carbocycles. The molecule has 1 atom stereocenters. The number of amides is 1. The van der Waals surface area contributed by atoms with Crippen LogP contribution in [0.3, 0.4) is 0 Å². The van der Waals surface area contributed by atoms with Crippen molar-refractivity contribution in [1.82, 2.24) is 10.2 Å². The second-order valence-electron chi connectivity index (χ2n) is 5.66. The van der Waals surface area contributed by atoms with Crippen LogP contribution in [0, 0.1) is 12.8 Å². The Balaban J connectivity index is 1.90. The van der Waals surface area contributed by atoms with E-state index in [2.05, 4.69) is 48.4 Å². The van der Waals surface area contributed by atoms with Crippen LogP contribution in [0.5, 0.6) is 0 Å². The van der Waals surface area contributed by atoms with Gasteiger partial charge in [0.1, 0.15) is 5.01 Å². The van der Waals surface area contributed by atoms with E-state index in [1.165, 1.54) is 16.9 Å². The van der Waals surface area contributed by atoms with Gasteiger partial charge < -0.3 is 0 Å². The van der Waals surface area contributed by atoms with Crippen LogP contribution < -0.4 is 5.32 Å². The third-order valence-corrected chi connectivity index (χ3v) is 4.96. The average molecular weight is 335 g/mol. The normalized spacial score (nSPS) is 12.4. The fourth-order valence-corrected chi connectivity index (χ4v) is 3.64. The Hall–Kier alpha value is -1.40. The minimum atomic E-state index is -0.180. The SMILES string of the molecule is Cc1ccc(SC(C)C(=O)Nc2nnc(CC(C)C)s2)cc1. The van der Waals surface area contributed by atoms with Crippen LogP contribution in [0.1, 0.15) is 31.3 Å². The van der Waals surface area contributed by atoms with Crippen molar-refractivity contribution in [1.29, 1.82) is 0 Å². The number of rotatable bonds is 6. The molecule has 4 nitrogen and oxygen atoms in total. The van der Waals surface area contributed by atoms with E-state index in [-0.39, 0.29) is 11.2 Å². The highest BCUT2D eigenvalue weighted by Crippen LogP contribution is 2.25. The highest BCUT2D eigenvalue weighted by atomic mass is 32.2. The van der Waals surface area contributed by atoms with Gasteiger partial charge in [0, 0.05) is 11.3 Å². The minimum Gasteiger partial charge on any atom is -0.300 e. The number of hydrogen-bond donors (Lipinski definition) is 1. The van der Waals surface area contributed by atoms with E-state index in [1.807, 2.05) is 19.1 Å². The van der Waals surface area contributed by atoms with Gasteiger partial charge in [-0.3, -0.25) is 10.1 Å². The lowest BCUT2D eigenvalue weighted by molar-refractivity contribution is -0.115. The van der Waals surface area contributed by atoms with E-state index in [4.69, 9.17) is 0 Å². The number of aromatic nitrogens is 2. The molecule has 2 rings (SSSR count). The summed E-state index contributed by atoms with van der Waals surface area (Å²) in [6.45, 7) is 8.23. The van der Waals surface area contributed by atoms with Crippen LogP contribution >= 0.6 is 23.1 Å². The van der Waals surface area contributed by atoms with Gasteiger partial charge in [0.25, 0.3) is 0 Å². The van der Waals surface area contributed by atoms with Gasteiger partial charge in [-0.2, -0.15) is 0 Å². The van der Waals surface area contributed by atoms with Crippen molar-refractivity contribution in [2.24, 2.45) is 5.92 Å². The third-order valence-electron chi connectivity index (χ3n) is 2.98. The average Bonchev–Trinajstić information content (AvgIpc) is 2.87. The van der Waals surface area contributed by atoms with Crippen molar-refractivity contribution in [3.05, 3.63) is 34.8 Å². The first-order chi connectivity index (χ1) is 10.4. The van der Waals surface area contributed by atoms with Gasteiger partial charge in [0.15, 0.2) is 0 Å². The van der Waals surface area contributed by atoms with Gasteiger partial charge in [-0.15, -0.1) is 22.0 Å². The number of aryl methyl sites for hydroxylation is 1. The van der Waals surface area contributed by atoms with Crippen LogP contribution in [0.15, 0.2) is 29.2 Å². The molecule has 118 valence electrons. The molecule has 0 aliphatic heterocycles. The number of nitrogens with one attached hydrogen (secondary N) is 1. The zero-order chi connectivity index (χ0) is 16.1. The summed E-state index contributed by atoms with van der Waals surface area (Å²) >= 11 is 2.99. The molecule has 1 heterocycles. The fraction of sp³-hybridized carbons (Fsp3) is 0.438. The summed E-state index contributed by atoms with van der Waals surface area (Å²) in [5, 5.41) is 12.4. The standard InChI is InChI=1S/C16H21N3OS2/c1-10(2)9-14-18-19-16(22-14)17-15(20)12(4)21-13-7-5-11(3)6-8-13/h5-8,10,12H,9H2,1-4H3,(H,17,19,20). The number of hydrogen-bond acceptors (Lipinski definition) is 5. The lowest BCUT2D eigenvalue weighted by Gasteiger charge is -2.10. The Morgan fingerprint density at radius 1 is 1.23 bits per heavy atom. The molecule has 0 radical (unpaired) electrons. The molecule has 22 heavy (non-hydrogen) atoms. The second kappa shape index (κ2) is 7.74. The van der Waals surface area contributed by atoms with E-state index in [0.717, 1.165) is 16.3 Å². The lowest BCUT2D eigenvalue weighted by Crippen LogP contribution is -2.22. The zero-order valence-corrected chi connectivity index (χ0v) is 14.9. The van der Waals surface area contributed by atoms with Gasteiger partial charge in [-0.1, -0.05) is 42.9 Å². The van der Waals surface area contributed by atoms with Crippen LogP contribution in [0.4, 0.5) is 5.13 Å². The van der Waals surface area contributed by atoms with Gasteiger partial charge in [0.2, 0.25) is 11.0 Å². The van der Waals surface area contributed by atoms with E-state index in [9.17, 15) is 4.79 Å². The molecule has 1 N–H and O–H groups in total. The van der Waals surface area contributed by atoms with E-state index in [1.54, 1.807) is 11.8 Å². The maximum absolute atomic E-state index is 12.2. The second-order valence-corrected chi connectivity index (χ2v) is 8.14. The Kier molecular flexibility index (Phi) is 5.97. The van der Waals surface area contributed by atoms with Crippen molar-refractivity contribution in [2.45, 2.75) is 44.3 Å². The molecule has 1 unspecified atom stereocenters. The number of anilines is 1. The number of thioether (sulfide) groups is 1. The summed E-state index contributed by atoms with van der Waals surface area (Å²) in [5.41, 5.74) is 1.22. The molecule has 1 amide bonds.